The van der Waals surface area contributed by atoms with Crippen LogP contribution in [-0.4, -0.2) is 72.5 Å². The normalized spacial score (nSPS) is 14.3. The minimum absolute atomic E-state index is 0.134. The monoisotopic (exact) mass is 591 g/mol. The highest BCUT2D eigenvalue weighted by molar-refractivity contribution is 7.93. The number of sulfonamides is 1. The molecular formula is C25H20F3N5O5S2. The molecule has 0 bridgehead atoms. The van der Waals surface area contributed by atoms with Gasteiger partial charge < -0.3 is 14.5 Å². The average Bonchev–Trinajstić information content (AvgIpc) is 3.47. The Hall–Kier alpha value is -4.24. The predicted molar refractivity (Wildman–Crippen MR) is 140 cm³/mol. The smallest absolute Gasteiger partial charge is 0.404 e. The highest BCUT2D eigenvalue weighted by Gasteiger charge is 2.34. The lowest BCUT2D eigenvalue weighted by atomic mass is 10.1. The van der Waals surface area contributed by atoms with Gasteiger partial charge in [-0.1, -0.05) is 18.2 Å². The van der Waals surface area contributed by atoms with E-state index in [1.54, 1.807) is 23.6 Å². The molecule has 1 aliphatic rings. The second-order valence-electron chi connectivity index (χ2n) is 8.65. The Balaban J connectivity index is 1.37. The molecule has 2 aromatic heterocycles. The lowest BCUT2D eigenvalue weighted by molar-refractivity contribution is -0.274. The maximum absolute atomic E-state index is 13.3. The van der Waals surface area contributed by atoms with Gasteiger partial charge in [0.1, 0.15) is 10.6 Å². The standard InChI is InChI=1S/C25H20F3N5O5S2/c26-25(27,28)38-20-13-17(23(34)32-9-11-33(12-10-32)24(35)19-14-39-15-30-19)6-7-18(20)31-40(36,37)21-5-1-3-16-4-2-8-29-22(16)21/h1-8,13-15,31H,9-12H2. The minimum atomic E-state index is -5.16. The van der Waals surface area contributed by atoms with Crippen LogP contribution in [0.4, 0.5) is 18.9 Å². The van der Waals surface area contributed by atoms with E-state index in [2.05, 4.69) is 19.4 Å². The number of nitrogens with zero attached hydrogens (tertiary/aromatic N) is 4. The third-order valence-electron chi connectivity index (χ3n) is 6.09. The number of benzene rings is 2. The molecule has 2 aromatic carbocycles. The number of alkyl halides is 3. The van der Waals surface area contributed by atoms with Gasteiger partial charge >= 0.3 is 6.36 Å². The van der Waals surface area contributed by atoms with Gasteiger partial charge in [-0.25, -0.2) is 13.4 Å². The van der Waals surface area contributed by atoms with Gasteiger partial charge in [0.2, 0.25) is 0 Å². The van der Waals surface area contributed by atoms with Gasteiger partial charge in [0, 0.05) is 48.7 Å². The van der Waals surface area contributed by atoms with Crippen molar-refractivity contribution in [2.75, 3.05) is 30.9 Å². The summed E-state index contributed by atoms with van der Waals surface area (Å²) in [5.74, 6) is -1.76. The first-order valence-corrected chi connectivity index (χ1v) is 14.2. The van der Waals surface area contributed by atoms with Gasteiger partial charge in [0.15, 0.2) is 5.75 Å². The van der Waals surface area contributed by atoms with Crippen molar-refractivity contribution in [2.45, 2.75) is 11.3 Å². The van der Waals surface area contributed by atoms with Crippen LogP contribution in [0.15, 0.2) is 70.5 Å². The molecule has 1 saturated heterocycles. The number of nitrogens with one attached hydrogen (secondary N) is 1. The van der Waals surface area contributed by atoms with Crippen LogP contribution in [0.2, 0.25) is 0 Å². The van der Waals surface area contributed by atoms with Crippen LogP contribution in [0.3, 0.4) is 0 Å². The molecule has 10 nitrogen and oxygen atoms in total. The lowest BCUT2D eigenvalue weighted by Gasteiger charge is -2.34. The number of pyridine rings is 1. The molecule has 0 radical (unpaired) electrons. The summed E-state index contributed by atoms with van der Waals surface area (Å²) in [6, 6.07) is 10.8. The number of amides is 2. The summed E-state index contributed by atoms with van der Waals surface area (Å²) < 4.78 is 72.4. The zero-order valence-corrected chi connectivity index (χ0v) is 22.1. The fourth-order valence-corrected chi connectivity index (χ4v) is 5.99. The Kier molecular flexibility index (Phi) is 7.33. The molecule has 1 fully saturated rings. The quantitative estimate of drug-likeness (QED) is 0.360. The third-order valence-corrected chi connectivity index (χ3v) is 8.07. The van der Waals surface area contributed by atoms with Crippen molar-refractivity contribution in [3.8, 4) is 5.75 Å². The van der Waals surface area contributed by atoms with E-state index in [0.29, 0.717) is 11.1 Å². The molecular weight excluding hydrogens is 571 g/mol. The van der Waals surface area contributed by atoms with Crippen LogP contribution in [0.5, 0.6) is 5.75 Å². The largest absolute Gasteiger partial charge is 0.573 e. The number of hydrogen-bond acceptors (Lipinski definition) is 8. The average molecular weight is 592 g/mol. The Bertz CT molecular complexity index is 1670. The Morgan fingerprint density at radius 1 is 0.950 bits per heavy atom. The third kappa shape index (κ3) is 5.84. The highest BCUT2D eigenvalue weighted by atomic mass is 32.2. The number of thiazole rings is 1. The van der Waals surface area contributed by atoms with Gasteiger partial charge in [-0.3, -0.25) is 19.3 Å². The van der Waals surface area contributed by atoms with Gasteiger partial charge in [-0.15, -0.1) is 24.5 Å². The van der Waals surface area contributed by atoms with Crippen molar-refractivity contribution in [3.63, 3.8) is 0 Å². The summed E-state index contributed by atoms with van der Waals surface area (Å²) >= 11 is 1.28. The van der Waals surface area contributed by atoms with E-state index in [0.717, 1.165) is 12.1 Å². The number of rotatable bonds is 6. The number of aromatic nitrogens is 2. The summed E-state index contributed by atoms with van der Waals surface area (Å²) in [6.45, 7) is 0.717. The van der Waals surface area contributed by atoms with Gasteiger partial charge in [0.05, 0.1) is 16.7 Å². The molecule has 4 aromatic rings. The van der Waals surface area contributed by atoms with E-state index in [4.69, 9.17) is 0 Å². The van der Waals surface area contributed by atoms with E-state index in [1.165, 1.54) is 51.0 Å². The summed E-state index contributed by atoms with van der Waals surface area (Å²) in [5, 5.41) is 2.14. The minimum Gasteiger partial charge on any atom is -0.404 e. The van der Waals surface area contributed by atoms with Gasteiger partial charge in [-0.2, -0.15) is 0 Å². The molecule has 1 N–H and O–H groups in total. The molecule has 0 spiro atoms. The van der Waals surface area contributed by atoms with Crippen LogP contribution < -0.4 is 9.46 Å². The van der Waals surface area contributed by atoms with Crippen LogP contribution in [-0.2, 0) is 10.0 Å². The first kappa shape index (κ1) is 27.3. The second kappa shape index (κ2) is 10.7. The number of carbonyl (C=O) groups excluding carboxylic acids is 2. The van der Waals surface area contributed by atoms with Crippen molar-refractivity contribution in [1.29, 1.82) is 0 Å². The zero-order chi connectivity index (χ0) is 28.5. The fourth-order valence-electron chi connectivity index (χ4n) is 4.22. The number of carbonyl (C=O) groups is 2. The maximum Gasteiger partial charge on any atom is 0.573 e. The summed E-state index contributed by atoms with van der Waals surface area (Å²) in [7, 11) is -4.40. The molecule has 0 aliphatic carbocycles. The maximum atomic E-state index is 13.3. The van der Waals surface area contributed by atoms with Crippen LogP contribution >= 0.6 is 11.3 Å². The molecule has 208 valence electrons. The van der Waals surface area contributed by atoms with E-state index in [1.807, 2.05) is 0 Å². The van der Waals surface area contributed by atoms with Gasteiger partial charge in [-0.05, 0) is 30.3 Å². The SMILES string of the molecule is O=C(c1ccc(NS(=O)(=O)c2cccc3cccnc23)c(OC(F)(F)F)c1)N1CCN(C(=O)c2cscn2)CC1. The van der Waals surface area contributed by atoms with Crippen molar-refractivity contribution in [3.05, 3.63) is 76.9 Å². The van der Waals surface area contributed by atoms with Crippen molar-refractivity contribution >= 4 is 49.8 Å². The molecule has 0 unspecified atom stereocenters. The molecule has 2 amide bonds. The number of anilines is 1. The lowest BCUT2D eigenvalue weighted by Crippen LogP contribution is -2.50. The number of ether oxygens (including phenoxy) is 1. The van der Waals surface area contributed by atoms with Crippen molar-refractivity contribution in [2.24, 2.45) is 0 Å². The Labute approximate surface area is 230 Å². The van der Waals surface area contributed by atoms with E-state index < -0.39 is 33.7 Å². The molecule has 1 aliphatic heterocycles. The number of piperazine rings is 1. The van der Waals surface area contributed by atoms with Crippen molar-refractivity contribution < 1.29 is 35.9 Å². The Morgan fingerprint density at radius 2 is 1.65 bits per heavy atom. The molecule has 5 rings (SSSR count). The van der Waals surface area contributed by atoms with Gasteiger partial charge in [0.25, 0.3) is 21.8 Å². The summed E-state index contributed by atoms with van der Waals surface area (Å²) in [6.07, 6.45) is -3.76. The van der Waals surface area contributed by atoms with E-state index >= 15 is 0 Å². The number of hydrogen-bond donors (Lipinski definition) is 1. The first-order valence-electron chi connectivity index (χ1n) is 11.7. The second-order valence-corrected chi connectivity index (χ2v) is 11.0. The van der Waals surface area contributed by atoms with E-state index in [-0.39, 0.29) is 48.1 Å². The summed E-state index contributed by atoms with van der Waals surface area (Å²) in [5.41, 5.74) is 1.32. The number of para-hydroxylation sites is 1. The van der Waals surface area contributed by atoms with Crippen LogP contribution in [0.25, 0.3) is 10.9 Å². The first-order chi connectivity index (χ1) is 19.0. The molecule has 40 heavy (non-hydrogen) atoms. The highest BCUT2D eigenvalue weighted by Crippen LogP contribution is 2.34. The molecule has 0 atom stereocenters. The fraction of sp³-hybridized carbons (Fsp3) is 0.200. The van der Waals surface area contributed by atoms with Crippen LogP contribution in [0, 0.1) is 0 Å². The molecule has 0 saturated carbocycles. The van der Waals surface area contributed by atoms with Crippen LogP contribution in [0.1, 0.15) is 20.8 Å². The number of halogens is 3. The Morgan fingerprint density at radius 3 is 2.33 bits per heavy atom. The topological polar surface area (TPSA) is 122 Å². The number of fused-ring (bicyclic) bond motifs is 1. The summed E-state index contributed by atoms with van der Waals surface area (Å²) in [4.78, 5) is 36.4. The predicted octanol–water partition coefficient (Wildman–Crippen LogP) is 3.99. The van der Waals surface area contributed by atoms with E-state index in [9.17, 15) is 31.2 Å². The molecule has 15 heteroatoms. The van der Waals surface area contributed by atoms with Crippen molar-refractivity contribution in [1.82, 2.24) is 19.8 Å². The zero-order valence-electron chi connectivity index (χ0n) is 20.5. The molecule has 3 heterocycles.